The minimum Gasteiger partial charge on any atom is -0.311 e. The molecule has 6 aromatic rings. The fourth-order valence-electron chi connectivity index (χ4n) is 7.09. The van der Waals surface area contributed by atoms with Gasteiger partial charge in [0.15, 0.2) is 0 Å². The molecule has 5 aromatic carbocycles. The molecule has 1 aromatic heterocycles. The van der Waals surface area contributed by atoms with E-state index in [-0.39, 0.29) is 133 Å². The molecular formula is C49H55BN2S. The van der Waals surface area contributed by atoms with Gasteiger partial charge in [-0.25, -0.2) is 0 Å². The first-order chi connectivity index (χ1) is 30.2. The van der Waals surface area contributed by atoms with E-state index in [0.29, 0.717) is 15.9 Å². The summed E-state index contributed by atoms with van der Waals surface area (Å²) in [5.74, 6) is 0. The summed E-state index contributed by atoms with van der Waals surface area (Å²) in [6, 6.07) is 2.29. The molecule has 0 saturated carbocycles. The summed E-state index contributed by atoms with van der Waals surface area (Å²) in [5, 5.41) is 0.700. The highest BCUT2D eigenvalue weighted by atomic mass is 32.1. The van der Waals surface area contributed by atoms with Crippen LogP contribution in [0.3, 0.4) is 0 Å². The number of hydrogen-bond donors (Lipinski definition) is 0. The van der Waals surface area contributed by atoms with E-state index in [1.165, 1.54) is 16.2 Å². The molecule has 0 saturated heterocycles. The van der Waals surface area contributed by atoms with E-state index in [0.717, 1.165) is 10.3 Å². The highest BCUT2D eigenvalue weighted by Crippen LogP contribution is 2.49. The molecule has 0 radical (unpaired) electrons. The van der Waals surface area contributed by atoms with Gasteiger partial charge in [0.25, 0.3) is 6.71 Å². The van der Waals surface area contributed by atoms with Crippen LogP contribution in [0.1, 0.15) is 129 Å². The molecule has 2 nitrogen and oxygen atoms in total. The van der Waals surface area contributed by atoms with Crippen LogP contribution in [0.25, 0.3) is 10.1 Å². The zero-order chi connectivity index (χ0) is 49.3. The molecule has 0 spiro atoms. The van der Waals surface area contributed by atoms with E-state index in [2.05, 4.69) is 20.8 Å². The molecule has 0 unspecified atom stereocenters. The summed E-state index contributed by atoms with van der Waals surface area (Å²) in [6.07, 6.45) is 0. The van der Waals surface area contributed by atoms with Gasteiger partial charge in [0, 0.05) is 43.3 Å². The Hall–Kier alpha value is -4.28. The van der Waals surface area contributed by atoms with E-state index >= 15 is 0 Å². The van der Waals surface area contributed by atoms with Crippen LogP contribution in [0, 0.1) is 6.92 Å². The van der Waals surface area contributed by atoms with Gasteiger partial charge >= 0.3 is 0 Å². The Balaban J connectivity index is 1.69. The third-order valence-corrected chi connectivity index (χ3v) is 11.4. The Bertz CT molecular complexity index is 3090. The molecule has 0 N–H and O–H groups in total. The molecule has 0 bridgehead atoms. The lowest BCUT2D eigenvalue weighted by Gasteiger charge is -2.44. The number of anilines is 6. The molecule has 0 atom stereocenters. The molecule has 0 amide bonds. The average molecular weight is 728 g/mol. The first kappa shape index (κ1) is 23.5. The summed E-state index contributed by atoms with van der Waals surface area (Å²) in [7, 11) is 0. The van der Waals surface area contributed by atoms with Crippen molar-refractivity contribution >= 4 is 78.0 Å². The number of thiophene rings is 1. The van der Waals surface area contributed by atoms with Crippen LogP contribution < -0.4 is 25.5 Å². The maximum absolute atomic E-state index is 10.2. The van der Waals surface area contributed by atoms with Crippen LogP contribution in [0.5, 0.6) is 0 Å². The summed E-state index contributed by atoms with van der Waals surface area (Å²) < 4.78 is 127. The van der Waals surface area contributed by atoms with Crippen LogP contribution >= 0.6 is 11.3 Å². The van der Waals surface area contributed by atoms with Crippen molar-refractivity contribution in [1.82, 2.24) is 0 Å². The number of benzene rings is 5. The van der Waals surface area contributed by atoms with E-state index in [4.69, 9.17) is 0 Å². The Kier molecular flexibility index (Phi) is 5.26. The van der Waals surface area contributed by atoms with Crippen molar-refractivity contribution < 1.29 is 17.8 Å². The van der Waals surface area contributed by atoms with Crippen molar-refractivity contribution in [3.05, 3.63) is 125 Å². The van der Waals surface area contributed by atoms with Crippen LogP contribution in [0.2, 0.25) is 0 Å². The lowest BCUT2D eigenvalue weighted by atomic mass is 9.36. The number of nitrogens with zero attached hydrogens (tertiary/aromatic N) is 2. The SMILES string of the molecule is [2H]c1c([2H])c(C(C)(C)C)c([2H])c([2H])c1N1c2c([2H])c([2H])c(C(C)(C)C)c([2H])c2B2c3sc4ccc(C(C)(C)C)cc4c3N(c3c([2H])c([2H])c(C(C)(C)C)c([2H])c3[2H])c3c([2H])c(C)c([2H])c1c32. The van der Waals surface area contributed by atoms with Crippen LogP contribution in [-0.2, 0) is 21.7 Å². The van der Waals surface area contributed by atoms with Gasteiger partial charge in [0.05, 0.1) is 23.5 Å². The van der Waals surface area contributed by atoms with Gasteiger partial charge < -0.3 is 9.80 Å². The number of fused-ring (bicyclic) bond motifs is 6. The average Bonchev–Trinajstić information content (AvgIpc) is 3.57. The quantitative estimate of drug-likeness (QED) is 0.164. The maximum Gasteiger partial charge on any atom is 0.264 e. The summed E-state index contributed by atoms with van der Waals surface area (Å²) in [5.41, 5.74) is -0.419. The second-order valence-corrected chi connectivity index (χ2v) is 19.7. The second kappa shape index (κ2) is 11.9. The molecule has 0 aliphatic carbocycles. The largest absolute Gasteiger partial charge is 0.311 e. The predicted molar refractivity (Wildman–Crippen MR) is 235 cm³/mol. The highest BCUT2D eigenvalue weighted by Gasteiger charge is 2.46. The summed E-state index contributed by atoms with van der Waals surface area (Å²) in [4.78, 5) is 2.96. The molecule has 3 heterocycles. The lowest BCUT2D eigenvalue weighted by Crippen LogP contribution is -2.60. The lowest BCUT2D eigenvalue weighted by molar-refractivity contribution is 0.590. The van der Waals surface area contributed by atoms with Gasteiger partial charge in [0.1, 0.15) is 0 Å². The van der Waals surface area contributed by atoms with Gasteiger partial charge in [-0.3, -0.25) is 0 Å². The molecule has 53 heavy (non-hydrogen) atoms. The summed E-state index contributed by atoms with van der Waals surface area (Å²) in [6.45, 7) is 23.3. The third kappa shape index (κ3) is 5.93. The van der Waals surface area contributed by atoms with Crippen molar-refractivity contribution in [3.8, 4) is 0 Å². The first-order valence-corrected chi connectivity index (χ1v) is 19.2. The Morgan fingerprint density at radius 2 is 1.04 bits per heavy atom. The minimum absolute atomic E-state index is 0.0150. The molecule has 2 aliphatic heterocycles. The second-order valence-electron chi connectivity index (χ2n) is 18.6. The van der Waals surface area contributed by atoms with Crippen LogP contribution in [0.4, 0.5) is 34.1 Å². The predicted octanol–water partition coefficient (Wildman–Crippen LogP) is 12.5. The molecule has 0 fully saturated rings. The molecule has 4 heteroatoms. The Morgan fingerprint density at radius 3 is 1.57 bits per heavy atom. The fraction of sp³-hybridized carbons (Fsp3) is 0.347. The number of hydrogen-bond acceptors (Lipinski definition) is 3. The van der Waals surface area contributed by atoms with Crippen molar-refractivity contribution in [3.63, 3.8) is 0 Å². The zero-order valence-electron chi connectivity index (χ0n) is 46.1. The smallest absolute Gasteiger partial charge is 0.264 e. The van der Waals surface area contributed by atoms with Gasteiger partial charge in [-0.1, -0.05) is 125 Å². The normalized spacial score (nSPS) is 17.8. The topological polar surface area (TPSA) is 6.48 Å². The van der Waals surface area contributed by atoms with Crippen LogP contribution in [-0.4, -0.2) is 6.71 Å². The minimum atomic E-state index is -1.01. The monoisotopic (exact) mass is 727 g/mol. The van der Waals surface area contributed by atoms with Gasteiger partial charge in [-0.05, 0) is 122 Å². The molecule has 2 aliphatic rings. The summed E-state index contributed by atoms with van der Waals surface area (Å²) >= 11 is 1.38. The van der Waals surface area contributed by atoms with E-state index in [1.54, 1.807) is 32.6 Å². The van der Waals surface area contributed by atoms with Crippen LogP contribution in [0.15, 0.2) is 96.8 Å². The maximum atomic E-state index is 10.2. The van der Waals surface area contributed by atoms with Gasteiger partial charge in [0.2, 0.25) is 0 Å². The third-order valence-electron chi connectivity index (χ3n) is 10.2. The van der Waals surface area contributed by atoms with Crippen molar-refractivity contribution in [2.24, 2.45) is 0 Å². The van der Waals surface area contributed by atoms with Gasteiger partial charge in [-0.2, -0.15) is 0 Å². The standard InChI is InChI=1S/C49H55BN2S/c1-30-26-40-43-41(27-30)52(36-22-16-32(17-23-36)47(5,6)7)44-37-28-33(48(8,9)10)19-25-42(37)53-45(44)50(43)38-29-34(49(11,12)13)18-24-39(38)51(40)35-20-14-31(15-21-35)46(2,3)4/h14-29H,1-13H3/i14D,15D,16D,17D,18D,20D,21D,22D,23D,24D,26D,27D,29D. The van der Waals surface area contributed by atoms with E-state index in [9.17, 15) is 17.8 Å². The van der Waals surface area contributed by atoms with Crippen molar-refractivity contribution in [2.45, 2.75) is 112 Å². The number of rotatable bonds is 2. The van der Waals surface area contributed by atoms with Crippen molar-refractivity contribution in [2.75, 3.05) is 9.80 Å². The molecule has 270 valence electrons. The fourth-order valence-corrected chi connectivity index (χ4v) is 8.38. The Labute approximate surface area is 341 Å². The Morgan fingerprint density at radius 1 is 0.547 bits per heavy atom. The zero-order valence-corrected chi connectivity index (χ0v) is 33.9. The highest BCUT2D eigenvalue weighted by molar-refractivity contribution is 7.33. The van der Waals surface area contributed by atoms with E-state index in [1.807, 2.05) is 59.7 Å². The molecular weight excluding hydrogens is 659 g/mol. The molecule has 8 rings (SSSR count). The first-order valence-electron chi connectivity index (χ1n) is 24.9. The van der Waals surface area contributed by atoms with Gasteiger partial charge in [-0.15, -0.1) is 11.3 Å². The van der Waals surface area contributed by atoms with E-state index < -0.39 is 35.0 Å². The van der Waals surface area contributed by atoms with Crippen molar-refractivity contribution in [1.29, 1.82) is 0 Å².